The Labute approximate surface area is 249 Å². The molecular formula is C36H45NO3S. The Morgan fingerprint density at radius 2 is 1.85 bits per heavy atom. The van der Waals surface area contributed by atoms with Gasteiger partial charge >= 0.3 is 0 Å². The largest absolute Gasteiger partial charge is 0.393 e. The fraction of sp³-hybridized carbons (Fsp3) is 0.528. The van der Waals surface area contributed by atoms with Crippen molar-refractivity contribution in [1.29, 1.82) is 0 Å². The van der Waals surface area contributed by atoms with Crippen LogP contribution < -0.4 is 0 Å². The van der Waals surface area contributed by atoms with E-state index in [4.69, 9.17) is 0 Å². The fourth-order valence-corrected chi connectivity index (χ4v) is 8.93. The van der Waals surface area contributed by atoms with Crippen LogP contribution in [0, 0.1) is 5.41 Å². The number of piperidine rings is 1. The summed E-state index contributed by atoms with van der Waals surface area (Å²) in [7, 11) is 0. The van der Waals surface area contributed by atoms with E-state index in [1.165, 1.54) is 24.8 Å². The molecule has 0 spiro atoms. The Morgan fingerprint density at radius 1 is 1.05 bits per heavy atom. The number of rotatable bonds is 4. The van der Waals surface area contributed by atoms with Gasteiger partial charge in [0.25, 0.3) is 0 Å². The molecule has 4 atom stereocenters. The molecule has 1 saturated heterocycles. The molecule has 3 aromatic rings. The number of hydrogen-bond acceptors (Lipinski definition) is 5. The quantitative estimate of drug-likeness (QED) is 0.249. The van der Waals surface area contributed by atoms with E-state index in [2.05, 4.69) is 55.2 Å². The van der Waals surface area contributed by atoms with Gasteiger partial charge in [-0.3, -0.25) is 4.79 Å². The average molecular weight is 572 g/mol. The van der Waals surface area contributed by atoms with Gasteiger partial charge < -0.3 is 15.1 Å². The van der Waals surface area contributed by atoms with Crippen molar-refractivity contribution in [1.82, 2.24) is 4.90 Å². The number of β-amino-alcohol motifs (C(OH)–C–C–N with tert-alkyl or cyclic N) is 1. The fourth-order valence-electron chi connectivity index (χ4n) is 7.91. The molecular weight excluding hydrogens is 526 g/mol. The highest BCUT2D eigenvalue weighted by Crippen LogP contribution is 2.59. The lowest BCUT2D eigenvalue weighted by molar-refractivity contribution is -0.0857. The average Bonchev–Trinajstić information content (AvgIpc) is 3.51. The SMILES string of the molecule is CC1=CCC[C@@]2(C)[C@@H](CC[C@@]2(O)CN2CCCCC2)c2ccc(cc2C(=O)c2cc3ccccc3s2)C[C@@H](O)CC1. The van der Waals surface area contributed by atoms with Crippen LogP contribution in [0.3, 0.4) is 0 Å². The van der Waals surface area contributed by atoms with Crippen LogP contribution in [0.15, 0.2) is 60.2 Å². The minimum Gasteiger partial charge on any atom is -0.393 e. The van der Waals surface area contributed by atoms with Crippen LogP contribution in [0.1, 0.15) is 104 Å². The predicted molar refractivity (Wildman–Crippen MR) is 169 cm³/mol. The molecule has 41 heavy (non-hydrogen) atoms. The molecule has 2 N–H and O–H groups in total. The van der Waals surface area contributed by atoms with Crippen LogP contribution in [-0.4, -0.2) is 52.2 Å². The summed E-state index contributed by atoms with van der Waals surface area (Å²) in [6.07, 6.45) is 11.1. The molecule has 5 heteroatoms. The molecule has 2 bridgehead atoms. The summed E-state index contributed by atoms with van der Waals surface area (Å²) in [6.45, 7) is 7.31. The van der Waals surface area contributed by atoms with Gasteiger partial charge in [-0.2, -0.15) is 0 Å². The number of aliphatic hydroxyl groups excluding tert-OH is 1. The second-order valence-corrected chi connectivity index (χ2v) is 14.3. The van der Waals surface area contributed by atoms with Crippen molar-refractivity contribution in [3.8, 4) is 0 Å². The van der Waals surface area contributed by atoms with Crippen molar-refractivity contribution in [3.05, 3.63) is 81.7 Å². The number of nitrogens with zero attached hydrogens (tertiary/aromatic N) is 1. The van der Waals surface area contributed by atoms with Crippen molar-refractivity contribution in [2.24, 2.45) is 5.41 Å². The number of benzene rings is 2. The summed E-state index contributed by atoms with van der Waals surface area (Å²) < 4.78 is 1.12. The Balaban J connectivity index is 1.44. The lowest BCUT2D eigenvalue weighted by Crippen LogP contribution is -2.53. The maximum Gasteiger partial charge on any atom is 0.203 e. The number of thiophene rings is 1. The molecule has 0 amide bonds. The molecule has 1 aliphatic heterocycles. The Morgan fingerprint density at radius 3 is 2.66 bits per heavy atom. The minimum absolute atomic E-state index is 0.0641. The smallest absolute Gasteiger partial charge is 0.203 e. The van der Waals surface area contributed by atoms with E-state index < -0.39 is 11.7 Å². The normalized spacial score (nSPS) is 29.7. The molecule has 218 valence electrons. The summed E-state index contributed by atoms with van der Waals surface area (Å²) in [5, 5.41) is 24.5. The summed E-state index contributed by atoms with van der Waals surface area (Å²) in [4.78, 5) is 17.6. The van der Waals surface area contributed by atoms with E-state index in [0.717, 1.165) is 76.8 Å². The molecule has 7 rings (SSSR count). The minimum atomic E-state index is -0.805. The number of aliphatic hydroxyl groups is 2. The third-order valence-corrected chi connectivity index (χ3v) is 11.6. The maximum atomic E-state index is 14.3. The van der Waals surface area contributed by atoms with Crippen LogP contribution in [0.2, 0.25) is 0 Å². The standard InChI is InChI=1S/C36H45NO3S/c1-25-9-8-17-35(2)31(16-18-36(35,40)24-37-19-6-3-7-20-37)29-15-13-26(21-28(38)14-12-25)22-30(29)34(39)33-23-27-10-4-5-11-32(27)41-33/h4-5,9-11,13,15,22-23,28,31,38,40H,3,6-8,12,14,16-21,24H2,1-2H3/t28-,31-,35-,36+/m0/s1. The van der Waals surface area contributed by atoms with Crippen molar-refractivity contribution in [3.63, 3.8) is 0 Å². The number of allylic oxidation sites excluding steroid dienone is 2. The first-order valence-electron chi connectivity index (χ1n) is 15.7. The molecule has 4 nitrogen and oxygen atoms in total. The molecule has 4 aliphatic rings. The first kappa shape index (κ1) is 28.8. The maximum absolute atomic E-state index is 14.3. The molecule has 2 heterocycles. The van der Waals surface area contributed by atoms with Gasteiger partial charge in [-0.15, -0.1) is 11.3 Å². The van der Waals surface area contributed by atoms with E-state index in [1.54, 1.807) is 11.3 Å². The summed E-state index contributed by atoms with van der Waals surface area (Å²) in [5.41, 5.74) is 2.98. The van der Waals surface area contributed by atoms with Gasteiger partial charge in [0.15, 0.2) is 0 Å². The van der Waals surface area contributed by atoms with Crippen LogP contribution in [-0.2, 0) is 6.42 Å². The van der Waals surface area contributed by atoms with Gasteiger partial charge in [0, 0.05) is 22.2 Å². The van der Waals surface area contributed by atoms with Crippen molar-refractivity contribution in [2.45, 2.75) is 95.7 Å². The Bertz CT molecular complexity index is 1400. The molecule has 0 unspecified atom stereocenters. The second kappa shape index (κ2) is 11.8. The van der Waals surface area contributed by atoms with E-state index in [1.807, 2.05) is 18.2 Å². The van der Waals surface area contributed by atoms with Crippen LogP contribution in [0.4, 0.5) is 0 Å². The monoisotopic (exact) mass is 571 g/mol. The lowest BCUT2D eigenvalue weighted by Gasteiger charge is -2.46. The third-order valence-electron chi connectivity index (χ3n) is 10.5. The van der Waals surface area contributed by atoms with Crippen molar-refractivity contribution in [2.75, 3.05) is 19.6 Å². The summed E-state index contributed by atoms with van der Waals surface area (Å²) in [5.74, 6) is 0.149. The molecule has 2 aromatic carbocycles. The van der Waals surface area contributed by atoms with Gasteiger partial charge in [-0.25, -0.2) is 0 Å². The van der Waals surface area contributed by atoms with E-state index in [0.29, 0.717) is 19.4 Å². The number of carbonyl (C=O) groups excluding carboxylic acids is 1. The van der Waals surface area contributed by atoms with Gasteiger partial charge in [-0.05, 0) is 118 Å². The van der Waals surface area contributed by atoms with Gasteiger partial charge in [0.05, 0.1) is 16.6 Å². The zero-order valence-corrected chi connectivity index (χ0v) is 25.5. The molecule has 1 aromatic heterocycles. The van der Waals surface area contributed by atoms with E-state index >= 15 is 0 Å². The van der Waals surface area contributed by atoms with Crippen LogP contribution in [0.25, 0.3) is 10.1 Å². The van der Waals surface area contributed by atoms with Gasteiger partial charge in [-0.1, -0.05) is 55.3 Å². The molecule has 2 fully saturated rings. The summed E-state index contributed by atoms with van der Waals surface area (Å²) >= 11 is 1.56. The zero-order valence-electron chi connectivity index (χ0n) is 24.7. The van der Waals surface area contributed by atoms with Crippen LogP contribution >= 0.6 is 11.3 Å². The third kappa shape index (κ3) is 5.71. The first-order chi connectivity index (χ1) is 19.8. The molecule has 0 radical (unpaired) electrons. The second-order valence-electron chi connectivity index (χ2n) is 13.3. The zero-order chi connectivity index (χ0) is 28.6. The highest BCUT2D eigenvalue weighted by atomic mass is 32.1. The highest BCUT2D eigenvalue weighted by molar-refractivity contribution is 7.21. The number of likely N-dealkylation sites (tertiary alicyclic amines) is 1. The number of ketones is 1. The van der Waals surface area contributed by atoms with Crippen molar-refractivity contribution >= 4 is 27.2 Å². The molecule has 1 saturated carbocycles. The lowest BCUT2D eigenvalue weighted by atomic mass is 9.64. The number of hydrogen-bond donors (Lipinski definition) is 2. The molecule has 3 aliphatic carbocycles. The Hall–Kier alpha value is -2.31. The summed E-state index contributed by atoms with van der Waals surface area (Å²) in [6, 6.07) is 16.6. The highest BCUT2D eigenvalue weighted by Gasteiger charge is 2.57. The Kier molecular flexibility index (Phi) is 8.26. The van der Waals surface area contributed by atoms with E-state index in [-0.39, 0.29) is 17.1 Å². The topological polar surface area (TPSA) is 60.8 Å². The van der Waals surface area contributed by atoms with Gasteiger partial charge in [0.2, 0.25) is 5.78 Å². The van der Waals surface area contributed by atoms with Crippen molar-refractivity contribution < 1.29 is 15.0 Å². The number of carbonyl (C=O) groups is 1. The van der Waals surface area contributed by atoms with Crippen LogP contribution in [0.5, 0.6) is 0 Å². The van der Waals surface area contributed by atoms with Gasteiger partial charge in [0.1, 0.15) is 0 Å². The number of fused-ring (bicyclic) bond motifs is 9. The predicted octanol–water partition coefficient (Wildman–Crippen LogP) is 7.66. The van der Waals surface area contributed by atoms with E-state index in [9.17, 15) is 15.0 Å². The first-order valence-corrected chi connectivity index (χ1v) is 16.5.